The van der Waals surface area contributed by atoms with Gasteiger partial charge in [-0.2, -0.15) is 18.3 Å². The second kappa shape index (κ2) is 10.9. The number of aromatic nitrogens is 3. The van der Waals surface area contributed by atoms with Gasteiger partial charge in [0.2, 0.25) is 0 Å². The minimum absolute atomic E-state index is 0.00551. The second-order valence-corrected chi connectivity index (χ2v) is 7.39. The van der Waals surface area contributed by atoms with E-state index in [2.05, 4.69) is 29.2 Å². The van der Waals surface area contributed by atoms with Gasteiger partial charge in [-0.25, -0.2) is 9.50 Å². The van der Waals surface area contributed by atoms with Gasteiger partial charge in [-0.05, 0) is 45.7 Å². The van der Waals surface area contributed by atoms with Crippen LogP contribution < -0.4 is 5.32 Å². The zero-order chi connectivity index (χ0) is 21.4. The summed E-state index contributed by atoms with van der Waals surface area (Å²) < 4.78 is 43.6. The summed E-state index contributed by atoms with van der Waals surface area (Å²) in [7, 11) is 1.94. The van der Waals surface area contributed by atoms with Crippen LogP contribution in [0.4, 0.5) is 13.2 Å². The molecule has 0 bridgehead atoms. The predicted octanol–water partition coefficient (Wildman–Crippen LogP) is 5.03. The molecule has 2 aromatic rings. The van der Waals surface area contributed by atoms with Gasteiger partial charge in [0.25, 0.3) is 0 Å². The fraction of sp³-hybridized carbons (Fsp3) is 0.714. The molecule has 1 unspecified atom stereocenters. The van der Waals surface area contributed by atoms with Crippen LogP contribution in [0.15, 0.2) is 12.3 Å². The van der Waals surface area contributed by atoms with Gasteiger partial charge < -0.3 is 10.1 Å². The van der Waals surface area contributed by atoms with Gasteiger partial charge in [0, 0.05) is 24.9 Å². The van der Waals surface area contributed by atoms with Crippen molar-refractivity contribution in [2.75, 3.05) is 20.2 Å². The van der Waals surface area contributed by atoms with Crippen LogP contribution >= 0.6 is 0 Å². The average molecular weight is 415 g/mol. The molecule has 0 radical (unpaired) electrons. The number of fused-ring (bicyclic) bond motifs is 1. The molecule has 0 amide bonds. The Balaban J connectivity index is 0.000000253. The first kappa shape index (κ1) is 23.6. The first-order valence-electron chi connectivity index (χ1n) is 10.5. The number of aryl methyl sites for hydroxylation is 1. The lowest BCUT2D eigenvalue weighted by Crippen LogP contribution is -2.24. The summed E-state index contributed by atoms with van der Waals surface area (Å²) in [6.45, 7) is 7.66. The lowest BCUT2D eigenvalue weighted by Gasteiger charge is -2.23. The summed E-state index contributed by atoms with van der Waals surface area (Å²) in [4.78, 5) is 4.59. The number of nitrogens with one attached hydrogen (secondary N) is 1. The Morgan fingerprint density at radius 1 is 1.24 bits per heavy atom. The first-order chi connectivity index (χ1) is 13.8. The Morgan fingerprint density at radius 3 is 2.45 bits per heavy atom. The van der Waals surface area contributed by atoms with Crippen LogP contribution in [0.2, 0.25) is 0 Å². The molecule has 1 atom stereocenters. The van der Waals surface area contributed by atoms with Crippen LogP contribution in [0.25, 0.3) is 5.65 Å². The van der Waals surface area contributed by atoms with Crippen molar-refractivity contribution in [1.29, 1.82) is 0 Å². The molecule has 29 heavy (non-hydrogen) atoms. The Morgan fingerprint density at radius 2 is 1.93 bits per heavy atom. The highest BCUT2D eigenvalue weighted by Gasteiger charge is 2.39. The first-order valence-corrected chi connectivity index (χ1v) is 10.5. The Labute approximate surface area is 171 Å². The number of hydrogen-bond acceptors (Lipinski definition) is 4. The predicted molar refractivity (Wildman–Crippen MR) is 108 cm³/mol. The van der Waals surface area contributed by atoms with Crippen molar-refractivity contribution in [1.82, 2.24) is 19.9 Å². The molecule has 3 rings (SSSR count). The molecule has 164 valence electrons. The minimum Gasteiger partial charge on any atom is -0.371 e. The summed E-state index contributed by atoms with van der Waals surface area (Å²) in [5.74, 6) is -0.999. The van der Waals surface area contributed by atoms with E-state index in [1.165, 1.54) is 5.56 Å². The number of alkyl halides is 3. The standard InChI is InChI=1S/C14H22N4O.C7H11F3/c1-5-11-10(3)17-13-7-8-16-18(13)14(11)12(9-15-4)19-6-2;8-7(9,10)6-4-2-1-3-5-6/h7-8,12,15H,5-6,9H2,1-4H3;6H,1-5H2. The third kappa shape index (κ3) is 6.15. The van der Waals surface area contributed by atoms with Crippen molar-refractivity contribution in [2.24, 2.45) is 5.92 Å². The van der Waals surface area contributed by atoms with Gasteiger partial charge in [0.05, 0.1) is 17.8 Å². The van der Waals surface area contributed by atoms with E-state index < -0.39 is 12.1 Å². The summed E-state index contributed by atoms with van der Waals surface area (Å²) in [5, 5.41) is 7.59. The van der Waals surface area contributed by atoms with E-state index >= 15 is 0 Å². The van der Waals surface area contributed by atoms with E-state index in [9.17, 15) is 13.2 Å². The number of hydrogen-bond donors (Lipinski definition) is 1. The van der Waals surface area contributed by atoms with Gasteiger partial charge in [0.15, 0.2) is 5.65 Å². The molecule has 1 aliphatic carbocycles. The molecule has 8 heteroatoms. The lowest BCUT2D eigenvalue weighted by atomic mass is 9.89. The van der Waals surface area contributed by atoms with Crippen molar-refractivity contribution < 1.29 is 17.9 Å². The maximum atomic E-state index is 11.9. The Hall–Kier alpha value is -1.67. The van der Waals surface area contributed by atoms with E-state index in [1.54, 1.807) is 6.20 Å². The molecule has 1 aliphatic rings. The zero-order valence-electron chi connectivity index (χ0n) is 17.9. The number of ether oxygens (including phenoxy) is 1. The van der Waals surface area contributed by atoms with Crippen molar-refractivity contribution >= 4 is 5.65 Å². The molecule has 1 N–H and O–H groups in total. The highest BCUT2D eigenvalue weighted by Crippen LogP contribution is 2.37. The highest BCUT2D eigenvalue weighted by molar-refractivity contribution is 5.43. The van der Waals surface area contributed by atoms with Crippen molar-refractivity contribution in [3.8, 4) is 0 Å². The maximum absolute atomic E-state index is 11.9. The molecule has 2 heterocycles. The van der Waals surface area contributed by atoms with Crippen LogP contribution in [0.3, 0.4) is 0 Å². The molecule has 2 aromatic heterocycles. The number of nitrogens with zero attached hydrogens (tertiary/aromatic N) is 3. The summed E-state index contributed by atoms with van der Waals surface area (Å²) in [5.41, 5.74) is 4.29. The van der Waals surface area contributed by atoms with Crippen LogP contribution in [0, 0.1) is 12.8 Å². The SMILES string of the molecule is CCOC(CNC)c1c(CC)c(C)nc2ccnn12.FC(F)(F)C1CCCCC1. The molecule has 0 spiro atoms. The minimum atomic E-state index is -3.93. The largest absolute Gasteiger partial charge is 0.391 e. The lowest BCUT2D eigenvalue weighted by molar-refractivity contribution is -0.181. The van der Waals surface area contributed by atoms with Gasteiger partial charge in [-0.15, -0.1) is 0 Å². The molecular formula is C21H33F3N4O. The topological polar surface area (TPSA) is 51.5 Å². The fourth-order valence-electron chi connectivity index (χ4n) is 3.94. The molecule has 5 nitrogen and oxygen atoms in total. The molecule has 0 aromatic carbocycles. The third-order valence-corrected chi connectivity index (χ3v) is 5.36. The number of halogens is 3. The molecule has 1 fully saturated rings. The van der Waals surface area contributed by atoms with Crippen LogP contribution in [-0.2, 0) is 11.2 Å². The second-order valence-electron chi connectivity index (χ2n) is 7.39. The quantitative estimate of drug-likeness (QED) is 0.721. The Kier molecular flexibility index (Phi) is 8.89. The van der Waals surface area contributed by atoms with Crippen molar-refractivity contribution in [2.45, 2.75) is 71.6 Å². The maximum Gasteiger partial charge on any atom is 0.391 e. The number of likely N-dealkylation sites (N-methyl/N-ethyl adjacent to an activating group) is 1. The summed E-state index contributed by atoms with van der Waals surface area (Å²) in [6, 6.07) is 1.93. The summed E-state index contributed by atoms with van der Waals surface area (Å²) >= 11 is 0. The van der Waals surface area contributed by atoms with Crippen LogP contribution in [0.1, 0.15) is 69.0 Å². The van der Waals surface area contributed by atoms with Gasteiger partial charge in [-0.3, -0.25) is 0 Å². The third-order valence-electron chi connectivity index (χ3n) is 5.36. The smallest absolute Gasteiger partial charge is 0.371 e. The van der Waals surface area contributed by atoms with Crippen molar-refractivity contribution in [3.63, 3.8) is 0 Å². The Bertz CT molecular complexity index is 748. The molecule has 0 aliphatic heterocycles. The van der Waals surface area contributed by atoms with Gasteiger partial charge in [0.1, 0.15) is 6.10 Å². The van der Waals surface area contributed by atoms with E-state index in [0.717, 1.165) is 49.3 Å². The molecular weight excluding hydrogens is 381 g/mol. The normalized spacial score (nSPS) is 16.5. The van der Waals surface area contributed by atoms with E-state index in [-0.39, 0.29) is 6.10 Å². The van der Waals surface area contributed by atoms with E-state index in [0.29, 0.717) is 19.4 Å². The van der Waals surface area contributed by atoms with E-state index in [1.807, 2.05) is 24.6 Å². The fourth-order valence-corrected chi connectivity index (χ4v) is 3.94. The highest BCUT2D eigenvalue weighted by atomic mass is 19.4. The molecule has 0 saturated heterocycles. The van der Waals surface area contributed by atoms with E-state index in [4.69, 9.17) is 4.74 Å². The monoisotopic (exact) mass is 414 g/mol. The summed E-state index contributed by atoms with van der Waals surface area (Å²) in [6.07, 6.45) is 1.97. The van der Waals surface area contributed by atoms with Crippen LogP contribution in [-0.4, -0.2) is 41.0 Å². The van der Waals surface area contributed by atoms with Gasteiger partial charge in [-0.1, -0.05) is 26.2 Å². The number of rotatable bonds is 6. The van der Waals surface area contributed by atoms with Crippen molar-refractivity contribution in [3.05, 3.63) is 29.2 Å². The zero-order valence-corrected chi connectivity index (χ0v) is 17.9. The van der Waals surface area contributed by atoms with Gasteiger partial charge >= 0.3 is 6.18 Å². The molecule has 1 saturated carbocycles. The van der Waals surface area contributed by atoms with Crippen LogP contribution in [0.5, 0.6) is 0 Å². The average Bonchev–Trinajstić information content (AvgIpc) is 3.15.